The van der Waals surface area contributed by atoms with Crippen LogP contribution in [0.5, 0.6) is 5.75 Å². The number of aryl methyl sites for hydroxylation is 1. The van der Waals surface area contributed by atoms with E-state index >= 15 is 0 Å². The van der Waals surface area contributed by atoms with Crippen LogP contribution in [0.3, 0.4) is 0 Å². The summed E-state index contributed by atoms with van der Waals surface area (Å²) in [6.07, 6.45) is 0.240. The van der Waals surface area contributed by atoms with Gasteiger partial charge < -0.3 is 19.9 Å². The highest BCUT2D eigenvalue weighted by Gasteiger charge is 2.24. The summed E-state index contributed by atoms with van der Waals surface area (Å²) in [7, 11) is 1.58. The van der Waals surface area contributed by atoms with Crippen molar-refractivity contribution in [2.24, 2.45) is 0 Å². The largest absolute Gasteiger partial charge is 0.497 e. The first kappa shape index (κ1) is 21.4. The third kappa shape index (κ3) is 5.17. The summed E-state index contributed by atoms with van der Waals surface area (Å²) in [5.41, 5.74) is 2.13. The Hall–Kier alpha value is -3.35. The molecule has 2 aromatic rings. The minimum atomic E-state index is -0.171. The molecule has 30 heavy (non-hydrogen) atoms. The third-order valence-electron chi connectivity index (χ3n) is 5.27. The summed E-state index contributed by atoms with van der Waals surface area (Å²) in [5, 5.41) is 2.81. The minimum absolute atomic E-state index is 0.0170. The van der Waals surface area contributed by atoms with Crippen molar-refractivity contribution in [3.8, 4) is 5.75 Å². The van der Waals surface area contributed by atoms with E-state index in [0.717, 1.165) is 5.56 Å². The highest BCUT2D eigenvalue weighted by molar-refractivity contribution is 5.96. The van der Waals surface area contributed by atoms with Gasteiger partial charge >= 0.3 is 0 Å². The van der Waals surface area contributed by atoms with Crippen molar-refractivity contribution in [3.63, 3.8) is 0 Å². The molecule has 2 aromatic carbocycles. The molecule has 158 valence electrons. The monoisotopic (exact) mass is 409 g/mol. The van der Waals surface area contributed by atoms with Gasteiger partial charge in [0.25, 0.3) is 11.8 Å². The number of methoxy groups -OCH3 is 1. The molecule has 0 spiro atoms. The number of piperazine rings is 1. The number of amides is 3. The van der Waals surface area contributed by atoms with Crippen molar-refractivity contribution in [2.45, 2.75) is 13.3 Å². The molecule has 0 unspecified atom stereocenters. The van der Waals surface area contributed by atoms with E-state index in [1.54, 1.807) is 47.2 Å². The zero-order chi connectivity index (χ0) is 21.5. The summed E-state index contributed by atoms with van der Waals surface area (Å²) in [6.45, 7) is 4.14. The first-order valence-electron chi connectivity index (χ1n) is 10.0. The van der Waals surface area contributed by atoms with Gasteiger partial charge in [0, 0.05) is 50.3 Å². The fourth-order valence-corrected chi connectivity index (χ4v) is 3.44. The van der Waals surface area contributed by atoms with Crippen LogP contribution in [-0.2, 0) is 4.79 Å². The molecule has 1 aliphatic heterocycles. The Morgan fingerprint density at radius 1 is 0.933 bits per heavy atom. The van der Waals surface area contributed by atoms with Gasteiger partial charge in [-0.2, -0.15) is 0 Å². The van der Waals surface area contributed by atoms with Gasteiger partial charge in [0.15, 0.2) is 0 Å². The molecule has 1 saturated heterocycles. The van der Waals surface area contributed by atoms with Crippen LogP contribution < -0.4 is 10.1 Å². The number of benzene rings is 2. The molecule has 0 aromatic heterocycles. The van der Waals surface area contributed by atoms with Gasteiger partial charge in [-0.1, -0.05) is 18.2 Å². The topological polar surface area (TPSA) is 79.0 Å². The smallest absolute Gasteiger partial charge is 0.253 e. The van der Waals surface area contributed by atoms with Gasteiger partial charge in [0.2, 0.25) is 5.91 Å². The van der Waals surface area contributed by atoms with E-state index in [0.29, 0.717) is 43.1 Å². The lowest BCUT2D eigenvalue weighted by molar-refractivity contribution is -0.132. The second-order valence-electron chi connectivity index (χ2n) is 7.22. The van der Waals surface area contributed by atoms with Gasteiger partial charge in [-0.15, -0.1) is 0 Å². The Balaban J connectivity index is 1.43. The molecule has 0 radical (unpaired) electrons. The Morgan fingerprint density at radius 3 is 2.20 bits per heavy atom. The zero-order valence-corrected chi connectivity index (χ0v) is 17.4. The number of rotatable bonds is 6. The van der Waals surface area contributed by atoms with E-state index in [9.17, 15) is 14.4 Å². The molecule has 0 atom stereocenters. The molecule has 0 saturated carbocycles. The number of hydrogen-bond donors (Lipinski definition) is 1. The highest BCUT2D eigenvalue weighted by atomic mass is 16.5. The summed E-state index contributed by atoms with van der Waals surface area (Å²) >= 11 is 0. The van der Waals surface area contributed by atoms with Crippen LogP contribution in [0.2, 0.25) is 0 Å². The number of nitrogens with one attached hydrogen (secondary N) is 1. The van der Waals surface area contributed by atoms with E-state index in [2.05, 4.69) is 5.32 Å². The van der Waals surface area contributed by atoms with Gasteiger partial charge in [0.1, 0.15) is 5.75 Å². The van der Waals surface area contributed by atoms with Gasteiger partial charge in [-0.05, 0) is 42.8 Å². The molecule has 0 aliphatic carbocycles. The summed E-state index contributed by atoms with van der Waals surface area (Å²) in [5.74, 6) is 0.471. The zero-order valence-electron chi connectivity index (χ0n) is 17.4. The normalized spacial score (nSPS) is 13.7. The summed E-state index contributed by atoms with van der Waals surface area (Å²) in [4.78, 5) is 40.8. The van der Waals surface area contributed by atoms with Crippen LogP contribution in [-0.4, -0.2) is 67.4 Å². The van der Waals surface area contributed by atoms with Crippen LogP contribution >= 0.6 is 0 Å². The van der Waals surface area contributed by atoms with Crippen LogP contribution in [0.25, 0.3) is 0 Å². The molecular formula is C23H27N3O4. The van der Waals surface area contributed by atoms with E-state index in [4.69, 9.17) is 4.74 Å². The molecule has 1 aliphatic rings. The Bertz CT molecular complexity index is 903. The standard InChI is InChI=1S/C23H27N3O4/c1-17-5-3-4-6-20(17)22(28)24-12-11-21(27)25-13-15-26(16-14-25)23(29)18-7-9-19(30-2)10-8-18/h3-10H,11-16H2,1-2H3,(H,24,28). The molecule has 1 N–H and O–H groups in total. The van der Waals surface area contributed by atoms with Crippen LogP contribution in [0.1, 0.15) is 32.7 Å². The minimum Gasteiger partial charge on any atom is -0.497 e. The maximum atomic E-state index is 12.6. The summed E-state index contributed by atoms with van der Waals surface area (Å²) < 4.78 is 5.12. The number of hydrogen-bond acceptors (Lipinski definition) is 4. The Morgan fingerprint density at radius 2 is 1.57 bits per heavy atom. The van der Waals surface area contributed by atoms with Crippen molar-refractivity contribution in [3.05, 3.63) is 65.2 Å². The van der Waals surface area contributed by atoms with Gasteiger partial charge in [-0.3, -0.25) is 14.4 Å². The van der Waals surface area contributed by atoms with Crippen molar-refractivity contribution < 1.29 is 19.1 Å². The number of nitrogens with zero attached hydrogens (tertiary/aromatic N) is 2. The van der Waals surface area contributed by atoms with Crippen molar-refractivity contribution in [1.82, 2.24) is 15.1 Å². The molecule has 1 heterocycles. The predicted molar refractivity (Wildman–Crippen MR) is 114 cm³/mol. The second kappa shape index (κ2) is 9.91. The Kier molecular flexibility index (Phi) is 7.06. The van der Waals surface area contributed by atoms with Crippen molar-refractivity contribution in [1.29, 1.82) is 0 Å². The average molecular weight is 409 g/mol. The van der Waals surface area contributed by atoms with E-state index in [1.165, 1.54) is 0 Å². The summed E-state index contributed by atoms with van der Waals surface area (Å²) in [6, 6.07) is 14.4. The predicted octanol–water partition coefficient (Wildman–Crippen LogP) is 2.11. The van der Waals surface area contributed by atoms with E-state index in [1.807, 2.05) is 25.1 Å². The van der Waals surface area contributed by atoms with Crippen LogP contribution in [0, 0.1) is 6.92 Å². The molecule has 3 rings (SSSR count). The molecule has 7 nitrogen and oxygen atoms in total. The third-order valence-corrected chi connectivity index (χ3v) is 5.27. The fourth-order valence-electron chi connectivity index (χ4n) is 3.44. The average Bonchev–Trinajstić information content (AvgIpc) is 2.79. The molecule has 7 heteroatoms. The van der Waals surface area contributed by atoms with E-state index < -0.39 is 0 Å². The molecule has 3 amide bonds. The number of carbonyl (C=O) groups is 3. The Labute approximate surface area is 176 Å². The van der Waals surface area contributed by atoms with Crippen molar-refractivity contribution >= 4 is 17.7 Å². The fraction of sp³-hybridized carbons (Fsp3) is 0.348. The SMILES string of the molecule is COc1ccc(C(=O)N2CCN(C(=O)CCNC(=O)c3ccccc3C)CC2)cc1. The molecule has 1 fully saturated rings. The van der Waals surface area contributed by atoms with Gasteiger partial charge in [0.05, 0.1) is 7.11 Å². The first-order chi connectivity index (χ1) is 14.5. The second-order valence-corrected chi connectivity index (χ2v) is 7.22. The van der Waals surface area contributed by atoms with Crippen molar-refractivity contribution in [2.75, 3.05) is 39.8 Å². The van der Waals surface area contributed by atoms with Crippen LogP contribution in [0.4, 0.5) is 0 Å². The number of ether oxygens (including phenoxy) is 1. The molecular weight excluding hydrogens is 382 g/mol. The first-order valence-corrected chi connectivity index (χ1v) is 10.0. The molecule has 0 bridgehead atoms. The van der Waals surface area contributed by atoms with Gasteiger partial charge in [-0.25, -0.2) is 0 Å². The lowest BCUT2D eigenvalue weighted by atomic mass is 10.1. The lowest BCUT2D eigenvalue weighted by Gasteiger charge is -2.35. The highest BCUT2D eigenvalue weighted by Crippen LogP contribution is 2.14. The van der Waals surface area contributed by atoms with E-state index in [-0.39, 0.29) is 30.7 Å². The maximum absolute atomic E-state index is 12.6. The maximum Gasteiger partial charge on any atom is 0.253 e. The lowest BCUT2D eigenvalue weighted by Crippen LogP contribution is -2.51. The number of carbonyl (C=O) groups excluding carboxylic acids is 3. The quantitative estimate of drug-likeness (QED) is 0.793. The van der Waals surface area contributed by atoms with Crippen LogP contribution in [0.15, 0.2) is 48.5 Å².